The predicted octanol–water partition coefficient (Wildman–Crippen LogP) is 1.90. The number of aromatic nitrogens is 2. The number of para-hydroxylation sites is 1. The van der Waals surface area contributed by atoms with Gasteiger partial charge in [0.1, 0.15) is 5.75 Å². The third-order valence-electron chi connectivity index (χ3n) is 3.19. The molecule has 1 amide bonds. The molecule has 0 unspecified atom stereocenters. The van der Waals surface area contributed by atoms with Crippen LogP contribution in [0.2, 0.25) is 0 Å². The van der Waals surface area contributed by atoms with Crippen molar-refractivity contribution in [2.45, 2.75) is 13.8 Å². The topological polar surface area (TPSA) is 110 Å². The highest BCUT2D eigenvalue weighted by molar-refractivity contribution is 6.07. The second-order valence-electron chi connectivity index (χ2n) is 4.55. The van der Waals surface area contributed by atoms with E-state index in [1.807, 2.05) is 0 Å². The number of aryl methyl sites for hydroxylation is 2. The maximum atomic E-state index is 12.3. The van der Waals surface area contributed by atoms with Gasteiger partial charge in [-0.05, 0) is 19.9 Å². The highest BCUT2D eigenvalue weighted by atomic mass is 16.6. The summed E-state index contributed by atoms with van der Waals surface area (Å²) in [5, 5.41) is 27.2. The van der Waals surface area contributed by atoms with Gasteiger partial charge in [0.15, 0.2) is 5.69 Å². The standard InChI is InChI=1S/C13H14N4O4/c1-7-11(8(2)16(3)15-7)13(19)14-12-9(17(20)21)5-4-6-10(12)18/h4-6,18H,1-3H3,(H,14,19). The first-order valence-corrected chi connectivity index (χ1v) is 6.10. The molecule has 110 valence electrons. The molecule has 21 heavy (non-hydrogen) atoms. The van der Waals surface area contributed by atoms with Crippen LogP contribution < -0.4 is 5.32 Å². The summed E-state index contributed by atoms with van der Waals surface area (Å²) >= 11 is 0. The fourth-order valence-corrected chi connectivity index (χ4v) is 2.09. The molecular weight excluding hydrogens is 276 g/mol. The van der Waals surface area contributed by atoms with E-state index in [2.05, 4.69) is 10.4 Å². The van der Waals surface area contributed by atoms with Gasteiger partial charge in [0.25, 0.3) is 11.6 Å². The fraction of sp³-hybridized carbons (Fsp3) is 0.231. The second-order valence-corrected chi connectivity index (χ2v) is 4.55. The monoisotopic (exact) mass is 290 g/mol. The number of aromatic hydroxyl groups is 1. The maximum Gasteiger partial charge on any atom is 0.296 e. The Kier molecular flexibility index (Phi) is 3.62. The summed E-state index contributed by atoms with van der Waals surface area (Å²) in [7, 11) is 1.70. The maximum absolute atomic E-state index is 12.3. The summed E-state index contributed by atoms with van der Waals surface area (Å²) in [5.41, 5.74) is 0.862. The summed E-state index contributed by atoms with van der Waals surface area (Å²) in [6.45, 7) is 3.38. The second kappa shape index (κ2) is 5.23. The highest BCUT2D eigenvalue weighted by Gasteiger charge is 2.23. The Morgan fingerprint density at radius 2 is 2.10 bits per heavy atom. The number of hydrogen-bond acceptors (Lipinski definition) is 5. The molecule has 8 nitrogen and oxygen atoms in total. The van der Waals surface area contributed by atoms with Gasteiger partial charge in [-0.3, -0.25) is 19.6 Å². The van der Waals surface area contributed by atoms with Gasteiger partial charge < -0.3 is 10.4 Å². The van der Waals surface area contributed by atoms with E-state index in [-0.39, 0.29) is 17.1 Å². The molecular formula is C13H14N4O4. The van der Waals surface area contributed by atoms with Crippen LogP contribution in [0.1, 0.15) is 21.7 Å². The van der Waals surface area contributed by atoms with E-state index in [0.717, 1.165) is 0 Å². The molecule has 1 aromatic carbocycles. The van der Waals surface area contributed by atoms with E-state index in [1.54, 1.807) is 25.6 Å². The molecule has 1 aromatic heterocycles. The van der Waals surface area contributed by atoms with Crippen LogP contribution in [0.4, 0.5) is 11.4 Å². The predicted molar refractivity (Wildman–Crippen MR) is 75.4 cm³/mol. The van der Waals surface area contributed by atoms with Crippen LogP contribution in [-0.4, -0.2) is 25.7 Å². The van der Waals surface area contributed by atoms with E-state index in [1.165, 1.54) is 18.2 Å². The number of phenols is 1. The molecule has 0 radical (unpaired) electrons. The molecule has 0 saturated heterocycles. The summed E-state index contributed by atoms with van der Waals surface area (Å²) in [6.07, 6.45) is 0. The molecule has 0 aliphatic carbocycles. The number of nitro benzene ring substituents is 1. The minimum Gasteiger partial charge on any atom is -0.505 e. The fourth-order valence-electron chi connectivity index (χ4n) is 2.09. The smallest absolute Gasteiger partial charge is 0.296 e. The largest absolute Gasteiger partial charge is 0.505 e. The average Bonchev–Trinajstić information content (AvgIpc) is 2.65. The highest BCUT2D eigenvalue weighted by Crippen LogP contribution is 2.33. The zero-order valence-corrected chi connectivity index (χ0v) is 11.7. The van der Waals surface area contributed by atoms with Crippen LogP contribution >= 0.6 is 0 Å². The Bertz CT molecular complexity index is 736. The molecule has 0 aliphatic heterocycles. The van der Waals surface area contributed by atoms with Crippen molar-refractivity contribution < 1.29 is 14.8 Å². The Labute approximate surface area is 120 Å². The SMILES string of the molecule is Cc1nn(C)c(C)c1C(=O)Nc1c(O)cccc1[N+](=O)[O-]. The first-order valence-electron chi connectivity index (χ1n) is 6.10. The molecule has 0 fully saturated rings. The van der Waals surface area contributed by atoms with E-state index in [0.29, 0.717) is 17.0 Å². The summed E-state index contributed by atoms with van der Waals surface area (Å²) < 4.78 is 1.55. The Balaban J connectivity index is 2.43. The number of rotatable bonds is 3. The zero-order valence-electron chi connectivity index (χ0n) is 11.7. The van der Waals surface area contributed by atoms with Gasteiger partial charge in [0, 0.05) is 18.8 Å². The third-order valence-corrected chi connectivity index (χ3v) is 3.19. The normalized spacial score (nSPS) is 10.4. The summed E-state index contributed by atoms with van der Waals surface area (Å²) in [6, 6.07) is 3.81. The van der Waals surface area contributed by atoms with Crippen LogP contribution in [0.3, 0.4) is 0 Å². The number of amides is 1. The third kappa shape index (κ3) is 2.55. The Hall–Kier alpha value is -2.90. The number of hydrogen-bond donors (Lipinski definition) is 2. The van der Waals surface area contributed by atoms with Gasteiger partial charge >= 0.3 is 0 Å². The Morgan fingerprint density at radius 1 is 1.43 bits per heavy atom. The van der Waals surface area contributed by atoms with Crippen molar-refractivity contribution in [3.05, 3.63) is 45.3 Å². The number of carbonyl (C=O) groups is 1. The van der Waals surface area contributed by atoms with E-state index in [9.17, 15) is 20.0 Å². The number of anilines is 1. The lowest BCUT2D eigenvalue weighted by Gasteiger charge is -2.08. The van der Waals surface area contributed by atoms with Crippen LogP contribution in [0, 0.1) is 24.0 Å². The molecule has 2 N–H and O–H groups in total. The Morgan fingerprint density at radius 3 is 2.62 bits per heavy atom. The minimum absolute atomic E-state index is 0.227. The van der Waals surface area contributed by atoms with Crippen molar-refractivity contribution in [1.82, 2.24) is 9.78 Å². The van der Waals surface area contributed by atoms with Crippen molar-refractivity contribution in [2.24, 2.45) is 7.05 Å². The van der Waals surface area contributed by atoms with Crippen LogP contribution in [0.25, 0.3) is 0 Å². The van der Waals surface area contributed by atoms with Crippen molar-refractivity contribution >= 4 is 17.3 Å². The molecule has 2 aromatic rings. The van der Waals surface area contributed by atoms with Crippen molar-refractivity contribution in [2.75, 3.05) is 5.32 Å². The molecule has 0 saturated carbocycles. The molecule has 8 heteroatoms. The van der Waals surface area contributed by atoms with Crippen LogP contribution in [0.15, 0.2) is 18.2 Å². The van der Waals surface area contributed by atoms with Crippen molar-refractivity contribution in [1.29, 1.82) is 0 Å². The average molecular weight is 290 g/mol. The van der Waals surface area contributed by atoms with Crippen LogP contribution in [0.5, 0.6) is 5.75 Å². The number of phenolic OH excluding ortho intramolecular Hbond substituents is 1. The van der Waals surface area contributed by atoms with Gasteiger partial charge in [0.05, 0.1) is 16.2 Å². The summed E-state index contributed by atoms with van der Waals surface area (Å²) in [4.78, 5) is 22.6. The molecule has 0 bridgehead atoms. The molecule has 0 atom stereocenters. The zero-order chi connectivity index (χ0) is 15.7. The quantitative estimate of drug-likeness (QED) is 0.509. The molecule has 0 aliphatic rings. The lowest BCUT2D eigenvalue weighted by Crippen LogP contribution is -2.15. The van der Waals surface area contributed by atoms with E-state index >= 15 is 0 Å². The lowest BCUT2D eigenvalue weighted by atomic mass is 10.1. The number of benzene rings is 1. The van der Waals surface area contributed by atoms with Crippen LogP contribution in [-0.2, 0) is 7.05 Å². The first kappa shape index (κ1) is 14.5. The number of nitrogens with one attached hydrogen (secondary N) is 1. The lowest BCUT2D eigenvalue weighted by molar-refractivity contribution is -0.384. The van der Waals surface area contributed by atoms with Gasteiger partial charge in [-0.1, -0.05) is 6.07 Å². The van der Waals surface area contributed by atoms with E-state index in [4.69, 9.17) is 0 Å². The first-order chi connectivity index (χ1) is 9.82. The molecule has 0 spiro atoms. The molecule has 2 rings (SSSR count). The summed E-state index contributed by atoms with van der Waals surface area (Å²) in [5.74, 6) is -0.917. The molecule has 1 heterocycles. The number of carbonyl (C=O) groups excluding carboxylic acids is 1. The van der Waals surface area contributed by atoms with Crippen molar-refractivity contribution in [3.63, 3.8) is 0 Å². The van der Waals surface area contributed by atoms with Gasteiger partial charge in [0.2, 0.25) is 0 Å². The van der Waals surface area contributed by atoms with Crippen molar-refractivity contribution in [3.8, 4) is 5.75 Å². The van der Waals surface area contributed by atoms with Gasteiger partial charge in [-0.2, -0.15) is 5.10 Å². The number of nitrogens with zero attached hydrogens (tertiary/aromatic N) is 3. The van der Waals surface area contributed by atoms with Gasteiger partial charge in [-0.25, -0.2) is 0 Å². The van der Waals surface area contributed by atoms with E-state index < -0.39 is 10.8 Å². The van der Waals surface area contributed by atoms with Gasteiger partial charge in [-0.15, -0.1) is 0 Å². The minimum atomic E-state index is -0.668. The number of nitro groups is 1.